The number of benzene rings is 2. The molecule has 1 heterocycles. The Morgan fingerprint density at radius 3 is 2.40 bits per heavy atom. The monoisotopic (exact) mass is 430 g/mol. The maximum absolute atomic E-state index is 13.1. The van der Waals surface area contributed by atoms with Crippen molar-refractivity contribution in [1.29, 1.82) is 0 Å². The van der Waals surface area contributed by atoms with Crippen molar-refractivity contribution in [2.24, 2.45) is 0 Å². The van der Waals surface area contributed by atoms with Crippen molar-refractivity contribution in [2.75, 3.05) is 20.2 Å². The zero-order valence-electron chi connectivity index (χ0n) is 18.1. The Kier molecular flexibility index (Phi) is 6.83. The fraction of sp³-hybridized carbons (Fsp3) is 0.435. The molecule has 30 heavy (non-hydrogen) atoms. The van der Waals surface area contributed by atoms with E-state index in [1.165, 1.54) is 10.4 Å². The van der Waals surface area contributed by atoms with E-state index in [-0.39, 0.29) is 16.8 Å². The van der Waals surface area contributed by atoms with E-state index in [0.717, 1.165) is 35.3 Å². The lowest BCUT2D eigenvalue weighted by atomic mass is 10.0. The van der Waals surface area contributed by atoms with Crippen molar-refractivity contribution in [1.82, 2.24) is 9.62 Å². The number of sulfonamides is 1. The van der Waals surface area contributed by atoms with E-state index in [1.54, 1.807) is 19.2 Å². The summed E-state index contributed by atoms with van der Waals surface area (Å²) in [4.78, 5) is 13.2. The number of hydrogen-bond acceptors (Lipinski definition) is 4. The van der Waals surface area contributed by atoms with Gasteiger partial charge < -0.3 is 10.1 Å². The second-order valence-corrected chi connectivity index (χ2v) is 9.69. The number of ether oxygens (including phenoxy) is 1. The van der Waals surface area contributed by atoms with Crippen LogP contribution in [0, 0.1) is 13.8 Å². The van der Waals surface area contributed by atoms with Gasteiger partial charge in [0.25, 0.3) is 5.91 Å². The molecule has 0 spiro atoms. The number of hydrogen-bond donors (Lipinski definition) is 1. The molecule has 1 aliphatic heterocycles. The van der Waals surface area contributed by atoms with Gasteiger partial charge in [-0.15, -0.1) is 0 Å². The highest BCUT2D eigenvalue weighted by atomic mass is 32.2. The summed E-state index contributed by atoms with van der Waals surface area (Å²) in [6.07, 6.45) is 2.46. The van der Waals surface area contributed by atoms with Gasteiger partial charge in [-0.25, -0.2) is 8.42 Å². The third-order valence-corrected chi connectivity index (χ3v) is 7.59. The zero-order valence-corrected chi connectivity index (χ0v) is 18.9. The summed E-state index contributed by atoms with van der Waals surface area (Å²) < 4.78 is 32.6. The Labute approximate surface area is 179 Å². The molecule has 7 heteroatoms. The summed E-state index contributed by atoms with van der Waals surface area (Å²) in [7, 11) is -1.94. The fourth-order valence-corrected chi connectivity index (χ4v) is 5.40. The second kappa shape index (κ2) is 9.18. The van der Waals surface area contributed by atoms with Gasteiger partial charge >= 0.3 is 0 Å². The van der Waals surface area contributed by atoms with Crippen molar-refractivity contribution in [3.05, 3.63) is 58.7 Å². The smallest absolute Gasteiger partial charge is 0.252 e. The van der Waals surface area contributed by atoms with Crippen molar-refractivity contribution in [3.63, 3.8) is 0 Å². The van der Waals surface area contributed by atoms with E-state index < -0.39 is 10.0 Å². The Morgan fingerprint density at radius 2 is 1.80 bits per heavy atom. The van der Waals surface area contributed by atoms with Gasteiger partial charge in [-0.1, -0.05) is 25.1 Å². The third-order valence-electron chi connectivity index (χ3n) is 5.69. The molecule has 0 aliphatic carbocycles. The first-order valence-corrected chi connectivity index (χ1v) is 11.8. The van der Waals surface area contributed by atoms with Crippen LogP contribution in [-0.4, -0.2) is 38.8 Å². The number of carbonyl (C=O) groups excluding carboxylic acids is 1. The maximum Gasteiger partial charge on any atom is 0.252 e. The lowest BCUT2D eigenvalue weighted by Gasteiger charge is -2.20. The van der Waals surface area contributed by atoms with Gasteiger partial charge in [-0.2, -0.15) is 4.31 Å². The van der Waals surface area contributed by atoms with Crippen LogP contribution < -0.4 is 10.1 Å². The van der Waals surface area contributed by atoms with Gasteiger partial charge in [-0.3, -0.25) is 4.79 Å². The topological polar surface area (TPSA) is 75.7 Å². The van der Waals surface area contributed by atoms with Crippen LogP contribution in [0.15, 0.2) is 41.3 Å². The molecule has 1 N–H and O–H groups in total. The molecule has 1 atom stereocenters. The Morgan fingerprint density at radius 1 is 1.10 bits per heavy atom. The van der Waals surface area contributed by atoms with Gasteiger partial charge in [0.15, 0.2) is 0 Å². The first-order chi connectivity index (χ1) is 14.3. The molecule has 0 aromatic heterocycles. The molecule has 1 fully saturated rings. The first-order valence-electron chi connectivity index (χ1n) is 10.3. The minimum atomic E-state index is -3.57. The number of nitrogens with one attached hydrogen (secondary N) is 1. The molecular formula is C23H30N2O4S. The normalized spacial score (nSPS) is 15.7. The van der Waals surface area contributed by atoms with E-state index in [1.807, 2.05) is 39.0 Å². The lowest BCUT2D eigenvalue weighted by Crippen LogP contribution is -2.30. The molecule has 2 aromatic rings. The summed E-state index contributed by atoms with van der Waals surface area (Å²) in [5, 5.41) is 3.06. The molecule has 162 valence electrons. The van der Waals surface area contributed by atoms with Gasteiger partial charge in [0, 0.05) is 18.7 Å². The molecule has 1 saturated heterocycles. The predicted octanol–water partition coefficient (Wildman–Crippen LogP) is 3.98. The molecule has 0 radical (unpaired) electrons. The number of carbonyl (C=O) groups is 1. The van der Waals surface area contributed by atoms with Gasteiger partial charge in [-0.05, 0) is 68.0 Å². The molecule has 1 aliphatic rings. The summed E-state index contributed by atoms with van der Waals surface area (Å²) in [5.41, 5.74) is 3.12. The van der Waals surface area contributed by atoms with Crippen LogP contribution in [0.2, 0.25) is 0 Å². The minimum absolute atomic E-state index is 0.175. The van der Waals surface area contributed by atoms with Crippen molar-refractivity contribution >= 4 is 15.9 Å². The summed E-state index contributed by atoms with van der Waals surface area (Å²) >= 11 is 0. The fourth-order valence-electron chi connectivity index (χ4n) is 3.86. The summed E-state index contributed by atoms with van der Waals surface area (Å²) in [5.74, 6) is 0.530. The zero-order chi connectivity index (χ0) is 21.9. The number of rotatable bonds is 7. The summed E-state index contributed by atoms with van der Waals surface area (Å²) in [6.45, 7) is 6.86. The van der Waals surface area contributed by atoms with E-state index in [9.17, 15) is 13.2 Å². The molecule has 0 saturated carbocycles. The average Bonchev–Trinajstić information content (AvgIpc) is 3.27. The van der Waals surface area contributed by atoms with Crippen molar-refractivity contribution < 1.29 is 17.9 Å². The van der Waals surface area contributed by atoms with E-state index >= 15 is 0 Å². The predicted molar refractivity (Wildman–Crippen MR) is 117 cm³/mol. The number of nitrogens with zero attached hydrogens (tertiary/aromatic N) is 1. The highest BCUT2D eigenvalue weighted by Crippen LogP contribution is 2.26. The van der Waals surface area contributed by atoms with Crippen molar-refractivity contribution in [2.45, 2.75) is 51.0 Å². The van der Waals surface area contributed by atoms with Crippen LogP contribution >= 0.6 is 0 Å². The maximum atomic E-state index is 13.1. The second-order valence-electron chi connectivity index (χ2n) is 7.75. The average molecular weight is 431 g/mol. The van der Waals surface area contributed by atoms with Crippen LogP contribution in [-0.2, 0) is 10.0 Å². The standard InChI is InChI=1S/C23H30N2O4S/c1-5-21(18-9-11-22(29-4)17(3)14-18)24-23(26)20-15-19(10-8-16(20)2)30(27,28)25-12-6-7-13-25/h8-11,14-15,21H,5-7,12-13H2,1-4H3,(H,24,26). The van der Waals surface area contributed by atoms with Crippen LogP contribution in [0.3, 0.4) is 0 Å². The van der Waals surface area contributed by atoms with Crippen LogP contribution in [0.5, 0.6) is 5.75 Å². The lowest BCUT2D eigenvalue weighted by molar-refractivity contribution is 0.0934. The molecule has 1 amide bonds. The van der Waals surface area contributed by atoms with Gasteiger partial charge in [0.1, 0.15) is 5.75 Å². The Hall–Kier alpha value is -2.38. The van der Waals surface area contributed by atoms with E-state index in [2.05, 4.69) is 5.32 Å². The Bertz CT molecular complexity index is 1030. The number of methoxy groups -OCH3 is 1. The Balaban J connectivity index is 1.86. The van der Waals surface area contributed by atoms with Crippen molar-refractivity contribution in [3.8, 4) is 5.75 Å². The first kappa shape index (κ1) is 22.3. The largest absolute Gasteiger partial charge is 0.496 e. The number of amides is 1. The van der Waals surface area contributed by atoms with E-state index in [4.69, 9.17) is 4.74 Å². The van der Waals surface area contributed by atoms with Crippen LogP contribution in [0.4, 0.5) is 0 Å². The number of aryl methyl sites for hydroxylation is 2. The molecule has 2 aromatic carbocycles. The van der Waals surface area contributed by atoms with Gasteiger partial charge in [0.05, 0.1) is 18.0 Å². The molecule has 0 bridgehead atoms. The summed E-state index contributed by atoms with van der Waals surface area (Å²) in [6, 6.07) is 10.5. The SMILES string of the molecule is CCC(NC(=O)c1cc(S(=O)(=O)N2CCCC2)ccc1C)c1ccc(OC)c(C)c1. The molecule has 3 rings (SSSR count). The molecule has 1 unspecified atom stereocenters. The highest BCUT2D eigenvalue weighted by molar-refractivity contribution is 7.89. The van der Waals surface area contributed by atoms with E-state index in [0.29, 0.717) is 25.1 Å². The quantitative estimate of drug-likeness (QED) is 0.721. The molecule has 6 nitrogen and oxygen atoms in total. The third kappa shape index (κ3) is 4.52. The van der Waals surface area contributed by atoms with Crippen LogP contribution in [0.1, 0.15) is 59.3 Å². The van der Waals surface area contributed by atoms with Crippen LogP contribution in [0.25, 0.3) is 0 Å². The van der Waals surface area contributed by atoms with Gasteiger partial charge in [0.2, 0.25) is 10.0 Å². The minimum Gasteiger partial charge on any atom is -0.496 e. The highest BCUT2D eigenvalue weighted by Gasteiger charge is 2.28. The molecular weight excluding hydrogens is 400 g/mol.